The van der Waals surface area contributed by atoms with Crippen molar-refractivity contribution in [2.45, 2.75) is 6.43 Å². The minimum atomic E-state index is -2.74. The molecule has 0 atom stereocenters. The van der Waals surface area contributed by atoms with Crippen molar-refractivity contribution in [1.82, 2.24) is 4.98 Å². The number of carbonyl (C=O) groups excluding carboxylic acids is 1. The molecule has 0 unspecified atom stereocenters. The molecule has 2 rings (SSSR count). The molecule has 0 saturated carbocycles. The predicted molar refractivity (Wildman–Crippen MR) is 79.5 cm³/mol. The van der Waals surface area contributed by atoms with Gasteiger partial charge in [-0.2, -0.15) is 0 Å². The maximum atomic E-state index is 13.2. The Morgan fingerprint density at radius 3 is 2.74 bits per heavy atom. The minimum absolute atomic E-state index is 0.0171. The molecule has 0 radical (unpaired) electrons. The maximum Gasteiger partial charge on any atom is 0.272 e. The van der Waals surface area contributed by atoms with Gasteiger partial charge >= 0.3 is 0 Å². The van der Waals surface area contributed by atoms with E-state index >= 15 is 0 Å². The van der Waals surface area contributed by atoms with Crippen LogP contribution in [0.4, 0.5) is 24.7 Å². The maximum absolute atomic E-state index is 13.2. The lowest BCUT2D eigenvalue weighted by molar-refractivity contribution is 0.0820. The molecule has 1 heterocycles. The first kappa shape index (κ1) is 16.9. The number of halogens is 4. The Morgan fingerprint density at radius 2 is 2.09 bits per heavy atom. The molecule has 2 aromatic rings. The Morgan fingerprint density at radius 1 is 1.35 bits per heavy atom. The van der Waals surface area contributed by atoms with E-state index < -0.39 is 24.8 Å². The number of aromatic nitrogens is 1. The highest BCUT2D eigenvalue weighted by Gasteiger charge is 2.14. The van der Waals surface area contributed by atoms with E-state index in [0.717, 1.165) is 12.1 Å². The van der Waals surface area contributed by atoms with E-state index in [1.54, 1.807) is 0 Å². The lowest BCUT2D eigenvalue weighted by Crippen LogP contribution is -2.15. The van der Waals surface area contributed by atoms with Crippen LogP contribution in [0.5, 0.6) is 5.75 Å². The third-order valence-corrected chi connectivity index (χ3v) is 2.83. The van der Waals surface area contributed by atoms with Crippen molar-refractivity contribution in [3.63, 3.8) is 0 Å². The van der Waals surface area contributed by atoms with Gasteiger partial charge in [0.15, 0.2) is 0 Å². The van der Waals surface area contributed by atoms with Gasteiger partial charge in [0.2, 0.25) is 0 Å². The molecule has 0 aliphatic carbocycles. The molecule has 0 spiro atoms. The van der Waals surface area contributed by atoms with Gasteiger partial charge in [-0.1, -0.05) is 11.6 Å². The van der Waals surface area contributed by atoms with E-state index in [4.69, 9.17) is 22.1 Å². The summed E-state index contributed by atoms with van der Waals surface area (Å²) in [6.07, 6.45) is -2.74. The van der Waals surface area contributed by atoms with Crippen LogP contribution in [-0.4, -0.2) is 23.9 Å². The fraction of sp³-hybridized carbons (Fsp3) is 0.143. The predicted octanol–water partition coefficient (Wildman–Crippen LogP) is 3.35. The number of benzene rings is 1. The normalized spacial score (nSPS) is 10.7. The summed E-state index contributed by atoms with van der Waals surface area (Å²) in [6, 6.07) is 5.70. The van der Waals surface area contributed by atoms with Crippen LogP contribution in [0.1, 0.15) is 10.4 Å². The van der Waals surface area contributed by atoms with E-state index in [0.29, 0.717) is 0 Å². The van der Waals surface area contributed by atoms with Gasteiger partial charge in [-0.3, -0.25) is 4.79 Å². The molecule has 0 bridgehead atoms. The Bertz CT molecular complexity index is 708. The highest BCUT2D eigenvalue weighted by molar-refractivity contribution is 6.30. The monoisotopic (exact) mass is 345 g/mol. The fourth-order valence-electron chi connectivity index (χ4n) is 1.71. The van der Waals surface area contributed by atoms with Crippen molar-refractivity contribution in [2.24, 2.45) is 0 Å². The second kappa shape index (κ2) is 7.19. The lowest BCUT2D eigenvalue weighted by Gasteiger charge is -2.12. The summed E-state index contributed by atoms with van der Waals surface area (Å²) in [6.45, 7) is -0.930. The van der Waals surface area contributed by atoms with Gasteiger partial charge in [0, 0.05) is 11.6 Å². The second-order valence-corrected chi connectivity index (χ2v) is 4.79. The number of nitrogens with two attached hydrogens (primary N) is 1. The lowest BCUT2D eigenvalue weighted by atomic mass is 10.2. The number of rotatable bonds is 5. The third kappa shape index (κ3) is 4.75. The van der Waals surface area contributed by atoms with E-state index in [9.17, 15) is 18.0 Å². The van der Waals surface area contributed by atoms with Gasteiger partial charge in [0.1, 0.15) is 29.1 Å². The standard InChI is InChI=1S/C14H11ClF3N3O2/c15-11-3-7(4-13(19)21-11)14(22)20-9-2-1-8(16)5-10(9)23-6-12(17)18/h1-5,12H,6H2,(H2,19,21)(H,20,22). The molecule has 23 heavy (non-hydrogen) atoms. The molecule has 0 aliphatic heterocycles. The molecule has 9 heteroatoms. The van der Waals surface area contributed by atoms with Gasteiger partial charge < -0.3 is 15.8 Å². The summed E-state index contributed by atoms with van der Waals surface area (Å²) in [5.74, 6) is -1.50. The number of nitrogens with one attached hydrogen (secondary N) is 1. The number of hydrogen-bond donors (Lipinski definition) is 2. The summed E-state index contributed by atoms with van der Waals surface area (Å²) in [4.78, 5) is 15.9. The average Bonchev–Trinajstić information content (AvgIpc) is 2.46. The van der Waals surface area contributed by atoms with E-state index in [1.807, 2.05) is 0 Å². The Labute approximate surface area is 134 Å². The first-order chi connectivity index (χ1) is 10.8. The first-order valence-electron chi connectivity index (χ1n) is 6.30. The van der Waals surface area contributed by atoms with Crippen LogP contribution in [0.25, 0.3) is 0 Å². The first-order valence-corrected chi connectivity index (χ1v) is 6.68. The summed E-state index contributed by atoms with van der Waals surface area (Å²) < 4.78 is 42.5. The van der Waals surface area contributed by atoms with Crippen LogP contribution in [0.2, 0.25) is 5.15 Å². The highest BCUT2D eigenvalue weighted by atomic mass is 35.5. The number of hydrogen-bond acceptors (Lipinski definition) is 4. The smallest absolute Gasteiger partial charge is 0.272 e. The fourth-order valence-corrected chi connectivity index (χ4v) is 1.93. The van der Waals surface area contributed by atoms with E-state index in [-0.39, 0.29) is 28.0 Å². The number of ether oxygens (including phenoxy) is 1. The van der Waals surface area contributed by atoms with Crippen LogP contribution >= 0.6 is 11.6 Å². The Hall–Kier alpha value is -2.48. The number of nitrogen functional groups attached to an aromatic ring is 1. The largest absolute Gasteiger partial charge is 0.485 e. The number of pyridine rings is 1. The van der Waals surface area contributed by atoms with Crippen molar-refractivity contribution < 1.29 is 22.7 Å². The summed E-state index contributed by atoms with van der Waals surface area (Å²) in [5, 5.41) is 2.43. The van der Waals surface area contributed by atoms with Gasteiger partial charge in [0.05, 0.1) is 5.69 Å². The Balaban J connectivity index is 2.23. The highest BCUT2D eigenvalue weighted by Crippen LogP contribution is 2.27. The zero-order valence-corrected chi connectivity index (χ0v) is 12.3. The van der Waals surface area contributed by atoms with Crippen LogP contribution in [0, 0.1) is 5.82 Å². The number of carbonyl (C=O) groups is 1. The van der Waals surface area contributed by atoms with Crippen molar-refractivity contribution in [3.05, 3.63) is 46.9 Å². The molecule has 1 aromatic heterocycles. The van der Waals surface area contributed by atoms with Crippen molar-refractivity contribution in [2.75, 3.05) is 17.7 Å². The number of amides is 1. The van der Waals surface area contributed by atoms with Crippen molar-refractivity contribution in [1.29, 1.82) is 0 Å². The van der Waals surface area contributed by atoms with Crippen LogP contribution in [-0.2, 0) is 0 Å². The van der Waals surface area contributed by atoms with E-state index in [2.05, 4.69) is 10.3 Å². The number of nitrogens with zero attached hydrogens (tertiary/aromatic N) is 1. The minimum Gasteiger partial charge on any atom is -0.485 e. The topological polar surface area (TPSA) is 77.2 Å². The molecule has 1 amide bonds. The van der Waals surface area contributed by atoms with Crippen molar-refractivity contribution >= 4 is 29.0 Å². The molecule has 0 aliphatic rings. The molecular weight excluding hydrogens is 335 g/mol. The molecule has 0 saturated heterocycles. The van der Waals surface area contributed by atoms with E-state index in [1.165, 1.54) is 18.2 Å². The van der Waals surface area contributed by atoms with Crippen molar-refractivity contribution in [3.8, 4) is 5.75 Å². The average molecular weight is 346 g/mol. The molecule has 3 N–H and O–H groups in total. The Kier molecular flexibility index (Phi) is 5.28. The van der Waals surface area contributed by atoms with Crippen LogP contribution in [0.15, 0.2) is 30.3 Å². The third-order valence-electron chi connectivity index (χ3n) is 2.63. The molecular formula is C14H11ClF3N3O2. The summed E-state index contributed by atoms with van der Waals surface area (Å²) >= 11 is 5.71. The molecule has 122 valence electrons. The summed E-state index contributed by atoms with van der Waals surface area (Å²) in [5.41, 5.74) is 5.62. The zero-order valence-electron chi connectivity index (χ0n) is 11.5. The zero-order chi connectivity index (χ0) is 17.0. The quantitative estimate of drug-likeness (QED) is 0.815. The number of anilines is 2. The number of alkyl halides is 2. The van der Waals surface area contributed by atoms with Gasteiger partial charge in [-0.15, -0.1) is 0 Å². The van der Waals surface area contributed by atoms with Crippen LogP contribution in [0.3, 0.4) is 0 Å². The molecule has 5 nitrogen and oxygen atoms in total. The van der Waals surface area contributed by atoms with Gasteiger partial charge in [-0.25, -0.2) is 18.2 Å². The SMILES string of the molecule is Nc1cc(C(=O)Nc2ccc(F)cc2OCC(F)F)cc(Cl)n1. The van der Waals surface area contributed by atoms with Gasteiger partial charge in [0.25, 0.3) is 12.3 Å². The van der Waals surface area contributed by atoms with Crippen LogP contribution < -0.4 is 15.8 Å². The molecule has 0 fully saturated rings. The molecule has 1 aromatic carbocycles. The summed E-state index contributed by atoms with van der Waals surface area (Å²) in [7, 11) is 0. The second-order valence-electron chi connectivity index (χ2n) is 4.40. The van der Waals surface area contributed by atoms with Gasteiger partial charge in [-0.05, 0) is 24.3 Å².